The van der Waals surface area contributed by atoms with Crippen LogP contribution in [-0.4, -0.2) is 37.6 Å². The molecule has 1 aromatic heterocycles. The number of aromatic nitrogens is 3. The predicted octanol–water partition coefficient (Wildman–Crippen LogP) is 3.26. The number of thioether (sulfide) groups is 1. The third-order valence-corrected chi connectivity index (χ3v) is 5.54. The van der Waals surface area contributed by atoms with Crippen LogP contribution in [0.3, 0.4) is 0 Å². The molecule has 0 saturated heterocycles. The lowest BCUT2D eigenvalue weighted by Gasteiger charge is -2.13. The molecule has 8 nitrogen and oxygen atoms in total. The maximum atomic E-state index is 10.9. The third-order valence-electron chi connectivity index (χ3n) is 4.11. The summed E-state index contributed by atoms with van der Waals surface area (Å²) in [5, 5.41) is 20.0. The van der Waals surface area contributed by atoms with Gasteiger partial charge in [-0.3, -0.25) is 9.36 Å². The number of carboxylic acids is 1. The normalized spacial score (nSPS) is 13.0. The first-order valence-corrected chi connectivity index (χ1v) is 10.2. The standard InChI is InChI=1S/C17H14BrN3O2S.CH4N2O/c18-16-19-20-17(24-9-15(22)23)21(16)14-8-7-11(10-5-6-10)12-3-1-2-4-13(12)14;2-1(3)4/h1-4,7-8,10H,5-6,9H2,(H,22,23);(H4,2,3,4). The first-order valence-electron chi connectivity index (χ1n) is 8.41. The van der Waals surface area contributed by atoms with Gasteiger partial charge in [-0.15, -0.1) is 10.2 Å². The summed E-state index contributed by atoms with van der Waals surface area (Å²) in [5.74, 6) is -0.266. The van der Waals surface area contributed by atoms with E-state index in [2.05, 4.69) is 67.9 Å². The number of carboxylic acid groups (broad SMARTS) is 1. The second-order valence-corrected chi connectivity index (χ2v) is 7.82. The van der Waals surface area contributed by atoms with Crippen molar-refractivity contribution >= 4 is 50.5 Å². The molecule has 0 atom stereocenters. The molecular weight excluding hydrogens is 446 g/mol. The Hall–Kier alpha value is -2.59. The maximum Gasteiger partial charge on any atom is 0.313 e. The quantitative estimate of drug-likeness (QED) is 0.496. The fourth-order valence-electron chi connectivity index (χ4n) is 2.93. The van der Waals surface area contributed by atoms with Gasteiger partial charge in [0.1, 0.15) is 0 Å². The van der Waals surface area contributed by atoms with Crippen molar-refractivity contribution in [3.8, 4) is 5.69 Å². The number of urea groups is 1. The minimum atomic E-state index is -0.875. The minimum Gasteiger partial charge on any atom is -0.481 e. The van der Waals surface area contributed by atoms with Crippen molar-refractivity contribution in [3.05, 3.63) is 46.7 Å². The van der Waals surface area contributed by atoms with Gasteiger partial charge in [0.15, 0.2) is 5.16 Å². The molecule has 10 heteroatoms. The van der Waals surface area contributed by atoms with Crippen molar-refractivity contribution in [1.29, 1.82) is 0 Å². The van der Waals surface area contributed by atoms with E-state index in [9.17, 15) is 4.79 Å². The van der Waals surface area contributed by atoms with E-state index in [4.69, 9.17) is 9.90 Å². The molecule has 0 bridgehead atoms. The molecule has 1 heterocycles. The fraction of sp³-hybridized carbons (Fsp3) is 0.222. The second-order valence-electron chi connectivity index (χ2n) is 6.17. The SMILES string of the molecule is NC(N)=O.O=C(O)CSc1nnc(Br)n1-c1ccc(C2CC2)c2ccccc12. The van der Waals surface area contributed by atoms with Crippen LogP contribution in [-0.2, 0) is 4.79 Å². The topological polar surface area (TPSA) is 137 Å². The summed E-state index contributed by atoms with van der Waals surface area (Å²) in [4.78, 5) is 19.9. The Labute approximate surface area is 173 Å². The van der Waals surface area contributed by atoms with Crippen LogP contribution in [0.1, 0.15) is 24.3 Å². The Morgan fingerprint density at radius 1 is 1.14 bits per heavy atom. The number of carbonyl (C=O) groups excluding carboxylic acids is 1. The van der Waals surface area contributed by atoms with E-state index in [1.54, 1.807) is 0 Å². The monoisotopic (exact) mass is 463 g/mol. The van der Waals surface area contributed by atoms with Gasteiger partial charge in [0.25, 0.3) is 0 Å². The lowest BCUT2D eigenvalue weighted by Crippen LogP contribution is -2.18. The lowest BCUT2D eigenvalue weighted by atomic mass is 9.99. The highest BCUT2D eigenvalue weighted by atomic mass is 79.9. The predicted molar refractivity (Wildman–Crippen MR) is 111 cm³/mol. The molecule has 0 aliphatic heterocycles. The van der Waals surface area contributed by atoms with Crippen LogP contribution in [0.15, 0.2) is 46.3 Å². The molecular formula is C18H18BrN5O3S. The molecule has 1 aliphatic carbocycles. The largest absolute Gasteiger partial charge is 0.481 e. The number of nitrogens with two attached hydrogens (primary N) is 2. The number of halogens is 1. The van der Waals surface area contributed by atoms with Gasteiger partial charge in [0, 0.05) is 5.39 Å². The van der Waals surface area contributed by atoms with E-state index in [0.717, 1.165) is 22.8 Å². The van der Waals surface area contributed by atoms with Crippen LogP contribution in [0.2, 0.25) is 0 Å². The number of hydrogen-bond donors (Lipinski definition) is 3. The van der Waals surface area contributed by atoms with Crippen molar-refractivity contribution in [1.82, 2.24) is 14.8 Å². The zero-order chi connectivity index (χ0) is 20.3. The second kappa shape index (κ2) is 8.61. The molecule has 2 amide bonds. The van der Waals surface area contributed by atoms with Gasteiger partial charge in [-0.05, 0) is 51.7 Å². The van der Waals surface area contributed by atoms with E-state index >= 15 is 0 Å². The average molecular weight is 464 g/mol. The van der Waals surface area contributed by atoms with Gasteiger partial charge in [0.2, 0.25) is 4.73 Å². The fourth-order valence-corrected chi connectivity index (χ4v) is 4.15. The average Bonchev–Trinajstić information content (AvgIpc) is 3.42. The summed E-state index contributed by atoms with van der Waals surface area (Å²) in [5.41, 5.74) is 10.8. The number of nitrogens with zero attached hydrogens (tertiary/aromatic N) is 3. The number of rotatable bonds is 5. The van der Waals surface area contributed by atoms with Crippen molar-refractivity contribution in [2.75, 3.05) is 5.75 Å². The van der Waals surface area contributed by atoms with E-state index in [1.165, 1.54) is 23.8 Å². The molecule has 1 aliphatic rings. The Morgan fingerprint density at radius 2 is 1.79 bits per heavy atom. The van der Waals surface area contributed by atoms with Crippen molar-refractivity contribution in [3.63, 3.8) is 0 Å². The molecule has 4 rings (SSSR count). The van der Waals surface area contributed by atoms with Crippen molar-refractivity contribution < 1.29 is 14.7 Å². The number of amides is 2. The van der Waals surface area contributed by atoms with Gasteiger partial charge >= 0.3 is 12.0 Å². The van der Waals surface area contributed by atoms with E-state index < -0.39 is 12.0 Å². The number of primary amides is 2. The number of benzene rings is 2. The molecule has 1 fully saturated rings. The molecule has 5 N–H and O–H groups in total. The summed E-state index contributed by atoms with van der Waals surface area (Å²) in [6.07, 6.45) is 2.50. The highest BCUT2D eigenvalue weighted by Crippen LogP contribution is 2.44. The summed E-state index contributed by atoms with van der Waals surface area (Å²) >= 11 is 4.60. The van der Waals surface area contributed by atoms with Crippen LogP contribution in [0.25, 0.3) is 16.5 Å². The number of hydrogen-bond acceptors (Lipinski definition) is 5. The molecule has 0 radical (unpaired) electrons. The molecule has 3 aromatic rings. The van der Waals surface area contributed by atoms with Gasteiger partial charge in [-0.25, -0.2) is 4.79 Å². The summed E-state index contributed by atoms with van der Waals surface area (Å²) in [6.45, 7) is 0. The third kappa shape index (κ3) is 4.63. The summed E-state index contributed by atoms with van der Waals surface area (Å²) in [7, 11) is 0. The molecule has 146 valence electrons. The Bertz CT molecular complexity index is 1030. The molecule has 1 saturated carbocycles. The lowest BCUT2D eigenvalue weighted by molar-refractivity contribution is -0.133. The highest BCUT2D eigenvalue weighted by Gasteiger charge is 2.26. The molecule has 0 unspecified atom stereocenters. The van der Waals surface area contributed by atoms with Crippen LogP contribution in [0.5, 0.6) is 0 Å². The Morgan fingerprint density at radius 3 is 2.39 bits per heavy atom. The Kier molecular flexibility index (Phi) is 6.20. The molecule has 28 heavy (non-hydrogen) atoms. The number of fused-ring (bicyclic) bond motifs is 1. The highest BCUT2D eigenvalue weighted by molar-refractivity contribution is 9.10. The number of carbonyl (C=O) groups is 2. The molecule has 0 spiro atoms. The van der Waals surface area contributed by atoms with Gasteiger partial charge in [0.05, 0.1) is 11.4 Å². The van der Waals surface area contributed by atoms with Crippen LogP contribution >= 0.6 is 27.7 Å². The summed E-state index contributed by atoms with van der Waals surface area (Å²) in [6, 6.07) is 11.7. The Balaban J connectivity index is 0.000000516. The maximum absolute atomic E-state index is 10.9. The first kappa shape index (κ1) is 20.2. The van der Waals surface area contributed by atoms with Crippen molar-refractivity contribution in [2.45, 2.75) is 23.9 Å². The van der Waals surface area contributed by atoms with E-state index in [1.807, 2.05) is 10.6 Å². The summed E-state index contributed by atoms with van der Waals surface area (Å²) < 4.78 is 2.44. The number of aliphatic carboxylic acids is 1. The minimum absolute atomic E-state index is 0.0524. The van der Waals surface area contributed by atoms with Crippen LogP contribution in [0.4, 0.5) is 4.79 Å². The van der Waals surface area contributed by atoms with Crippen LogP contribution in [0, 0.1) is 0 Å². The first-order chi connectivity index (χ1) is 13.4. The van der Waals surface area contributed by atoms with E-state index in [0.29, 0.717) is 15.8 Å². The molecule has 2 aromatic carbocycles. The zero-order valence-corrected chi connectivity index (χ0v) is 17.1. The zero-order valence-electron chi connectivity index (χ0n) is 14.7. The van der Waals surface area contributed by atoms with Gasteiger partial charge in [-0.2, -0.15) is 0 Å². The van der Waals surface area contributed by atoms with Crippen molar-refractivity contribution in [2.24, 2.45) is 11.5 Å². The smallest absolute Gasteiger partial charge is 0.313 e. The van der Waals surface area contributed by atoms with E-state index in [-0.39, 0.29) is 5.75 Å². The van der Waals surface area contributed by atoms with Gasteiger partial charge < -0.3 is 16.6 Å². The van der Waals surface area contributed by atoms with Crippen LogP contribution < -0.4 is 11.5 Å². The van der Waals surface area contributed by atoms with Gasteiger partial charge in [-0.1, -0.05) is 42.1 Å².